The fraction of sp³-hybridized carbons (Fsp3) is 0.462. The predicted octanol–water partition coefficient (Wildman–Crippen LogP) is 2.08. The topological polar surface area (TPSA) is 110 Å². The molecule has 1 amide bonds. The van der Waals surface area contributed by atoms with Crippen LogP contribution in [0.5, 0.6) is 0 Å². The van der Waals surface area contributed by atoms with Gasteiger partial charge in [0.15, 0.2) is 5.82 Å². The molecule has 1 aliphatic carbocycles. The largest absolute Gasteiger partial charge is 0.347 e. The molecule has 114 valence electrons. The number of hydrogen-bond acceptors (Lipinski definition) is 5. The van der Waals surface area contributed by atoms with E-state index in [4.69, 9.17) is 5.84 Å². The van der Waals surface area contributed by atoms with Crippen LogP contribution in [-0.4, -0.2) is 16.4 Å². The minimum absolute atomic E-state index is 0.165. The Morgan fingerprint density at radius 1 is 1.43 bits per heavy atom. The number of nitro benzene ring substituents is 1. The molecule has 0 aliphatic heterocycles. The van der Waals surface area contributed by atoms with Gasteiger partial charge < -0.3 is 10.7 Å². The first kappa shape index (κ1) is 15.2. The van der Waals surface area contributed by atoms with Gasteiger partial charge >= 0.3 is 0 Å². The van der Waals surface area contributed by atoms with Crippen LogP contribution in [-0.2, 0) is 0 Å². The third-order valence-corrected chi connectivity index (χ3v) is 3.80. The molecule has 1 fully saturated rings. The molecule has 7 nitrogen and oxygen atoms in total. The molecule has 0 heterocycles. The smallest absolute Gasteiger partial charge is 0.285 e. The number of anilines is 1. The molecule has 21 heavy (non-hydrogen) atoms. The molecule has 2 rings (SSSR count). The number of benzene rings is 1. The van der Waals surface area contributed by atoms with E-state index in [-0.39, 0.29) is 16.8 Å². The Morgan fingerprint density at radius 3 is 2.57 bits per heavy atom. The number of nitrogens with two attached hydrogens (primary N) is 1. The number of nitro groups is 1. The van der Waals surface area contributed by atoms with Gasteiger partial charge in [0.25, 0.3) is 11.6 Å². The summed E-state index contributed by atoms with van der Waals surface area (Å²) in [6, 6.07) is 1.75. The van der Waals surface area contributed by atoms with Crippen molar-refractivity contribution in [3.05, 3.63) is 33.6 Å². The number of rotatable bonds is 4. The van der Waals surface area contributed by atoms with Crippen molar-refractivity contribution >= 4 is 17.3 Å². The van der Waals surface area contributed by atoms with E-state index in [0.29, 0.717) is 6.07 Å². The van der Waals surface area contributed by atoms with Crippen molar-refractivity contribution in [2.24, 2.45) is 5.84 Å². The van der Waals surface area contributed by atoms with Crippen molar-refractivity contribution in [1.82, 2.24) is 5.32 Å². The van der Waals surface area contributed by atoms with Crippen molar-refractivity contribution in [3.8, 4) is 0 Å². The van der Waals surface area contributed by atoms with Gasteiger partial charge in [-0.2, -0.15) is 0 Å². The quantitative estimate of drug-likeness (QED) is 0.447. The fourth-order valence-electron chi connectivity index (χ4n) is 2.63. The summed E-state index contributed by atoms with van der Waals surface area (Å²) in [7, 11) is 0. The Hall–Kier alpha value is -2.22. The number of carbonyl (C=O) groups excluding carboxylic acids is 1. The zero-order chi connectivity index (χ0) is 15.6. The molecule has 8 heteroatoms. The second-order valence-corrected chi connectivity index (χ2v) is 5.47. The molecule has 0 spiro atoms. The average molecular weight is 296 g/mol. The lowest BCUT2D eigenvalue weighted by Crippen LogP contribution is -2.43. The monoisotopic (exact) mass is 296 g/mol. The van der Waals surface area contributed by atoms with Crippen molar-refractivity contribution in [1.29, 1.82) is 0 Å². The summed E-state index contributed by atoms with van der Waals surface area (Å²) in [5.41, 5.74) is 0.754. The minimum atomic E-state index is -0.882. The second kappa shape index (κ2) is 5.65. The number of nitrogens with zero attached hydrogens (tertiary/aromatic N) is 1. The molecule has 1 saturated carbocycles. The Kier molecular flexibility index (Phi) is 4.08. The van der Waals surface area contributed by atoms with Crippen LogP contribution in [0.25, 0.3) is 0 Å². The second-order valence-electron chi connectivity index (χ2n) is 5.47. The standard InChI is InChI=1S/C13H17FN4O3/c1-13(4-2-3-5-13)16-12(19)8-6-10(17-15)9(14)7-11(8)18(20)21/h6-7,17H,2-5,15H2,1H3,(H,16,19). The van der Waals surface area contributed by atoms with Gasteiger partial charge in [-0.25, -0.2) is 4.39 Å². The van der Waals surface area contributed by atoms with E-state index in [0.717, 1.165) is 31.7 Å². The first-order valence-corrected chi connectivity index (χ1v) is 6.63. The van der Waals surface area contributed by atoms with Crippen molar-refractivity contribution in [3.63, 3.8) is 0 Å². The summed E-state index contributed by atoms with van der Waals surface area (Å²) in [6.07, 6.45) is 3.63. The van der Waals surface area contributed by atoms with Crippen LogP contribution in [0.15, 0.2) is 12.1 Å². The Morgan fingerprint density at radius 2 is 2.05 bits per heavy atom. The van der Waals surface area contributed by atoms with Crippen LogP contribution in [0.2, 0.25) is 0 Å². The molecule has 4 N–H and O–H groups in total. The number of nitrogen functional groups attached to an aromatic ring is 1. The Labute approximate surface area is 120 Å². The molecule has 1 aromatic carbocycles. The van der Waals surface area contributed by atoms with E-state index in [2.05, 4.69) is 10.7 Å². The van der Waals surface area contributed by atoms with Gasteiger partial charge in [-0.1, -0.05) is 12.8 Å². The maximum absolute atomic E-state index is 13.6. The van der Waals surface area contributed by atoms with Gasteiger partial charge in [0.05, 0.1) is 16.7 Å². The van der Waals surface area contributed by atoms with Gasteiger partial charge in [-0.3, -0.25) is 20.8 Å². The van der Waals surface area contributed by atoms with Gasteiger partial charge in [0, 0.05) is 5.54 Å². The molecule has 1 aromatic rings. The summed E-state index contributed by atoms with van der Waals surface area (Å²) in [5, 5.41) is 13.8. The van der Waals surface area contributed by atoms with E-state index >= 15 is 0 Å². The lowest BCUT2D eigenvalue weighted by molar-refractivity contribution is -0.385. The van der Waals surface area contributed by atoms with Crippen molar-refractivity contribution < 1.29 is 14.1 Å². The number of halogens is 1. The molecular formula is C13H17FN4O3. The molecule has 0 atom stereocenters. The van der Waals surface area contributed by atoms with Crippen LogP contribution < -0.4 is 16.6 Å². The molecule has 1 aliphatic rings. The normalized spacial score (nSPS) is 16.5. The van der Waals surface area contributed by atoms with E-state index < -0.39 is 22.3 Å². The third-order valence-electron chi connectivity index (χ3n) is 3.80. The average Bonchev–Trinajstić information content (AvgIpc) is 2.84. The maximum Gasteiger partial charge on any atom is 0.285 e. The maximum atomic E-state index is 13.6. The first-order valence-electron chi connectivity index (χ1n) is 6.63. The highest BCUT2D eigenvalue weighted by atomic mass is 19.1. The van der Waals surface area contributed by atoms with Crippen molar-refractivity contribution in [2.45, 2.75) is 38.1 Å². The minimum Gasteiger partial charge on any atom is -0.347 e. The van der Waals surface area contributed by atoms with Crippen LogP contribution in [0.3, 0.4) is 0 Å². The highest BCUT2D eigenvalue weighted by Crippen LogP contribution is 2.31. The summed E-state index contributed by atoms with van der Waals surface area (Å²) >= 11 is 0. The highest BCUT2D eigenvalue weighted by molar-refractivity contribution is 5.99. The van der Waals surface area contributed by atoms with E-state index in [1.165, 1.54) is 0 Å². The fourth-order valence-corrected chi connectivity index (χ4v) is 2.63. The summed E-state index contributed by atoms with van der Waals surface area (Å²) < 4.78 is 13.6. The summed E-state index contributed by atoms with van der Waals surface area (Å²) in [4.78, 5) is 22.5. The summed E-state index contributed by atoms with van der Waals surface area (Å²) in [5.74, 6) is 3.67. The number of nitrogens with one attached hydrogen (secondary N) is 2. The predicted molar refractivity (Wildman–Crippen MR) is 75.2 cm³/mol. The zero-order valence-electron chi connectivity index (χ0n) is 11.6. The zero-order valence-corrected chi connectivity index (χ0v) is 11.6. The van der Waals surface area contributed by atoms with Gasteiger partial charge in [-0.15, -0.1) is 0 Å². The lowest BCUT2D eigenvalue weighted by Gasteiger charge is -2.25. The number of hydrazine groups is 1. The SMILES string of the molecule is CC1(NC(=O)c2cc(NN)c(F)cc2[N+](=O)[O-])CCCC1. The van der Waals surface area contributed by atoms with E-state index in [9.17, 15) is 19.3 Å². The molecule has 0 bridgehead atoms. The molecular weight excluding hydrogens is 279 g/mol. The molecule has 0 unspecified atom stereocenters. The van der Waals surface area contributed by atoms with E-state index in [1.807, 2.05) is 6.92 Å². The molecule has 0 radical (unpaired) electrons. The number of carbonyl (C=O) groups is 1. The van der Waals surface area contributed by atoms with E-state index in [1.54, 1.807) is 0 Å². The number of hydrogen-bond donors (Lipinski definition) is 3. The first-order chi connectivity index (χ1) is 9.86. The van der Waals surface area contributed by atoms with Gasteiger partial charge in [0.1, 0.15) is 5.56 Å². The van der Waals surface area contributed by atoms with Gasteiger partial charge in [-0.05, 0) is 25.8 Å². The lowest BCUT2D eigenvalue weighted by atomic mass is 9.99. The Bertz CT molecular complexity index is 585. The van der Waals surface area contributed by atoms with Gasteiger partial charge in [0.2, 0.25) is 0 Å². The molecule has 0 saturated heterocycles. The van der Waals surface area contributed by atoms with Crippen LogP contribution >= 0.6 is 0 Å². The highest BCUT2D eigenvalue weighted by Gasteiger charge is 2.33. The Balaban J connectivity index is 2.36. The number of amides is 1. The van der Waals surface area contributed by atoms with Crippen molar-refractivity contribution in [2.75, 3.05) is 5.43 Å². The summed E-state index contributed by atoms with van der Waals surface area (Å²) in [6.45, 7) is 1.90. The van der Waals surface area contributed by atoms with Crippen LogP contribution in [0.1, 0.15) is 43.0 Å². The third kappa shape index (κ3) is 3.10. The van der Waals surface area contributed by atoms with Crippen LogP contribution in [0, 0.1) is 15.9 Å². The molecule has 0 aromatic heterocycles. The van der Waals surface area contributed by atoms with Crippen LogP contribution in [0.4, 0.5) is 15.8 Å².